The maximum Gasteiger partial charge on any atom is 0.221 e. The minimum absolute atomic E-state index is 0.0286. The van der Waals surface area contributed by atoms with Crippen molar-refractivity contribution in [2.75, 3.05) is 13.1 Å². The van der Waals surface area contributed by atoms with Crippen molar-refractivity contribution in [3.63, 3.8) is 0 Å². The molecule has 1 aromatic heterocycles. The molecule has 1 rings (SSSR count). The molecular weight excluding hydrogens is 194 g/mol. The van der Waals surface area contributed by atoms with Gasteiger partial charge in [0.25, 0.3) is 0 Å². The van der Waals surface area contributed by atoms with Crippen molar-refractivity contribution in [3.05, 3.63) is 34.7 Å². The van der Waals surface area contributed by atoms with E-state index in [1.54, 1.807) is 17.0 Å². The highest BCUT2D eigenvalue weighted by Gasteiger charge is 1.99. The van der Waals surface area contributed by atoms with E-state index in [2.05, 4.69) is 5.32 Å². The Morgan fingerprint density at radius 2 is 2.07 bits per heavy atom. The van der Waals surface area contributed by atoms with Gasteiger partial charge in [0, 0.05) is 50.6 Å². The van der Waals surface area contributed by atoms with E-state index in [0.29, 0.717) is 26.1 Å². The predicted octanol–water partition coefficient (Wildman–Crippen LogP) is -0.687. The molecule has 0 aliphatic carbocycles. The van der Waals surface area contributed by atoms with Gasteiger partial charge in [-0.25, -0.2) is 0 Å². The first-order valence-corrected chi connectivity index (χ1v) is 4.85. The highest BCUT2D eigenvalue weighted by atomic mass is 16.1. The fraction of sp³-hybridized carbons (Fsp3) is 0.400. The Morgan fingerprint density at radius 3 is 2.67 bits per heavy atom. The third-order valence-corrected chi connectivity index (χ3v) is 1.92. The van der Waals surface area contributed by atoms with Crippen LogP contribution in [0.3, 0.4) is 0 Å². The molecule has 0 atom stereocenters. The predicted molar refractivity (Wildman–Crippen MR) is 57.4 cm³/mol. The van der Waals surface area contributed by atoms with Crippen LogP contribution in [0.25, 0.3) is 0 Å². The summed E-state index contributed by atoms with van der Waals surface area (Å²) >= 11 is 0. The lowest BCUT2D eigenvalue weighted by molar-refractivity contribution is -0.121. The molecular formula is C10H15N3O2. The van der Waals surface area contributed by atoms with Crippen molar-refractivity contribution < 1.29 is 4.79 Å². The van der Waals surface area contributed by atoms with E-state index in [9.17, 15) is 9.59 Å². The number of nitrogens with one attached hydrogen (secondary N) is 1. The first-order valence-electron chi connectivity index (χ1n) is 4.85. The zero-order valence-electron chi connectivity index (χ0n) is 8.48. The van der Waals surface area contributed by atoms with Gasteiger partial charge >= 0.3 is 0 Å². The Morgan fingerprint density at radius 1 is 1.40 bits per heavy atom. The Kier molecular flexibility index (Phi) is 4.56. The molecule has 0 radical (unpaired) electrons. The van der Waals surface area contributed by atoms with Crippen LogP contribution in [0, 0.1) is 0 Å². The van der Waals surface area contributed by atoms with Crippen molar-refractivity contribution in [3.8, 4) is 0 Å². The van der Waals surface area contributed by atoms with Gasteiger partial charge in [0.05, 0.1) is 0 Å². The molecule has 5 heteroatoms. The largest absolute Gasteiger partial charge is 0.355 e. The lowest BCUT2D eigenvalue weighted by Crippen LogP contribution is -2.29. The minimum atomic E-state index is -0.0289. The molecule has 0 aromatic carbocycles. The van der Waals surface area contributed by atoms with Gasteiger partial charge in [0.15, 0.2) is 5.43 Å². The SMILES string of the molecule is NCCNC(=O)CCn1ccc(=O)cc1. The summed E-state index contributed by atoms with van der Waals surface area (Å²) in [6.45, 7) is 1.52. The summed E-state index contributed by atoms with van der Waals surface area (Å²) in [5.74, 6) is -0.0286. The van der Waals surface area contributed by atoms with E-state index in [1.165, 1.54) is 12.1 Å². The molecule has 0 bridgehead atoms. The van der Waals surface area contributed by atoms with Crippen LogP contribution in [-0.2, 0) is 11.3 Å². The monoisotopic (exact) mass is 209 g/mol. The van der Waals surface area contributed by atoms with Crippen LogP contribution in [-0.4, -0.2) is 23.6 Å². The van der Waals surface area contributed by atoms with E-state index in [0.717, 1.165) is 0 Å². The normalized spacial score (nSPS) is 9.93. The van der Waals surface area contributed by atoms with Gasteiger partial charge < -0.3 is 15.6 Å². The second-order valence-corrected chi connectivity index (χ2v) is 3.16. The van der Waals surface area contributed by atoms with Crippen LogP contribution in [0.1, 0.15) is 6.42 Å². The quantitative estimate of drug-likeness (QED) is 0.674. The van der Waals surface area contributed by atoms with Crippen molar-refractivity contribution >= 4 is 5.91 Å². The van der Waals surface area contributed by atoms with E-state index >= 15 is 0 Å². The number of hydrogen-bond acceptors (Lipinski definition) is 3. The van der Waals surface area contributed by atoms with Gasteiger partial charge in [0.2, 0.25) is 5.91 Å². The number of pyridine rings is 1. The van der Waals surface area contributed by atoms with E-state index in [1.807, 2.05) is 0 Å². The molecule has 0 spiro atoms. The molecule has 15 heavy (non-hydrogen) atoms. The van der Waals surface area contributed by atoms with Crippen LogP contribution in [0.2, 0.25) is 0 Å². The summed E-state index contributed by atoms with van der Waals surface area (Å²) in [4.78, 5) is 22.0. The molecule has 3 N–H and O–H groups in total. The molecule has 5 nitrogen and oxygen atoms in total. The topological polar surface area (TPSA) is 77.1 Å². The van der Waals surface area contributed by atoms with Gasteiger partial charge in [-0.2, -0.15) is 0 Å². The second-order valence-electron chi connectivity index (χ2n) is 3.16. The van der Waals surface area contributed by atoms with Crippen molar-refractivity contribution in [2.45, 2.75) is 13.0 Å². The van der Waals surface area contributed by atoms with Gasteiger partial charge in [0.1, 0.15) is 0 Å². The number of nitrogens with zero attached hydrogens (tertiary/aromatic N) is 1. The van der Waals surface area contributed by atoms with Gasteiger partial charge in [-0.1, -0.05) is 0 Å². The molecule has 0 unspecified atom stereocenters. The number of amides is 1. The zero-order chi connectivity index (χ0) is 11.1. The van der Waals surface area contributed by atoms with Crippen molar-refractivity contribution in [1.29, 1.82) is 0 Å². The molecule has 0 aliphatic rings. The summed E-state index contributed by atoms with van der Waals surface area (Å²) in [5.41, 5.74) is 5.22. The summed E-state index contributed by atoms with van der Waals surface area (Å²) < 4.78 is 1.80. The summed E-state index contributed by atoms with van der Waals surface area (Å²) in [5, 5.41) is 2.67. The standard InChI is InChI=1S/C10H15N3O2/c11-4-5-12-10(15)3-8-13-6-1-9(14)2-7-13/h1-2,6-7H,3-5,8,11H2,(H,12,15). The summed E-state index contributed by atoms with van der Waals surface area (Å²) in [6.07, 6.45) is 3.72. The van der Waals surface area contributed by atoms with Crippen LogP contribution < -0.4 is 16.5 Å². The number of carbonyl (C=O) groups excluding carboxylic acids is 1. The highest BCUT2D eigenvalue weighted by Crippen LogP contribution is 1.89. The van der Waals surface area contributed by atoms with E-state index < -0.39 is 0 Å². The Labute approximate surface area is 87.9 Å². The molecule has 0 saturated heterocycles. The molecule has 1 heterocycles. The average molecular weight is 209 g/mol. The lowest BCUT2D eigenvalue weighted by atomic mass is 10.3. The Balaban J connectivity index is 2.33. The number of nitrogens with two attached hydrogens (primary N) is 1. The summed E-state index contributed by atoms with van der Waals surface area (Å²) in [6, 6.07) is 2.94. The molecule has 1 aromatic rings. The highest BCUT2D eigenvalue weighted by molar-refractivity contribution is 5.75. The van der Waals surface area contributed by atoms with Gasteiger partial charge in [-0.05, 0) is 0 Å². The molecule has 0 saturated carbocycles. The van der Waals surface area contributed by atoms with Crippen LogP contribution in [0.15, 0.2) is 29.3 Å². The lowest BCUT2D eigenvalue weighted by Gasteiger charge is -2.05. The third kappa shape index (κ3) is 4.42. The van der Waals surface area contributed by atoms with Gasteiger partial charge in [-0.15, -0.1) is 0 Å². The minimum Gasteiger partial charge on any atom is -0.355 e. The maximum absolute atomic E-state index is 11.2. The van der Waals surface area contributed by atoms with Gasteiger partial charge in [-0.3, -0.25) is 9.59 Å². The Bertz CT molecular complexity index is 353. The number of aryl methyl sites for hydroxylation is 1. The first-order chi connectivity index (χ1) is 7.22. The Hall–Kier alpha value is -1.62. The van der Waals surface area contributed by atoms with Crippen molar-refractivity contribution in [1.82, 2.24) is 9.88 Å². The fourth-order valence-electron chi connectivity index (χ4n) is 1.12. The summed E-state index contributed by atoms with van der Waals surface area (Å²) in [7, 11) is 0. The molecule has 82 valence electrons. The first kappa shape index (κ1) is 11.5. The smallest absolute Gasteiger partial charge is 0.221 e. The maximum atomic E-state index is 11.2. The third-order valence-electron chi connectivity index (χ3n) is 1.92. The molecule has 0 fully saturated rings. The van der Waals surface area contributed by atoms with E-state index in [4.69, 9.17) is 5.73 Å². The number of aromatic nitrogens is 1. The fourth-order valence-corrected chi connectivity index (χ4v) is 1.12. The average Bonchev–Trinajstić information content (AvgIpc) is 2.25. The molecule has 0 aliphatic heterocycles. The van der Waals surface area contributed by atoms with Crippen LogP contribution in [0.4, 0.5) is 0 Å². The molecule has 1 amide bonds. The van der Waals surface area contributed by atoms with Crippen LogP contribution in [0.5, 0.6) is 0 Å². The zero-order valence-corrected chi connectivity index (χ0v) is 8.48. The number of hydrogen-bond donors (Lipinski definition) is 2. The number of rotatable bonds is 5. The van der Waals surface area contributed by atoms with Crippen LogP contribution >= 0.6 is 0 Å². The number of carbonyl (C=O) groups is 1. The van der Waals surface area contributed by atoms with Crippen molar-refractivity contribution in [2.24, 2.45) is 5.73 Å². The van der Waals surface area contributed by atoms with E-state index in [-0.39, 0.29) is 11.3 Å². The second kappa shape index (κ2) is 5.98.